The summed E-state index contributed by atoms with van der Waals surface area (Å²) in [7, 11) is 0. The van der Waals surface area contributed by atoms with Gasteiger partial charge in [-0.3, -0.25) is 0 Å². The standard InChI is InChI=1S/C16H26N2O/c1-14-6-2-3-10-18(14)11-5-9-17-13-15-7-4-8-16(19)12-15/h4,7-8,12,14,17,19H,2-3,5-6,9-11,13H2,1H3. The summed E-state index contributed by atoms with van der Waals surface area (Å²) in [4.78, 5) is 2.61. The lowest BCUT2D eigenvalue weighted by Gasteiger charge is -2.33. The number of hydrogen-bond donors (Lipinski definition) is 2. The molecule has 19 heavy (non-hydrogen) atoms. The average molecular weight is 262 g/mol. The number of rotatable bonds is 6. The molecule has 0 spiro atoms. The van der Waals surface area contributed by atoms with Crippen LogP contribution in [0.25, 0.3) is 0 Å². The lowest BCUT2D eigenvalue weighted by Crippen LogP contribution is -2.38. The van der Waals surface area contributed by atoms with Crippen LogP contribution in [0.5, 0.6) is 5.75 Å². The van der Waals surface area contributed by atoms with Crippen molar-refractivity contribution in [3.8, 4) is 5.75 Å². The lowest BCUT2D eigenvalue weighted by atomic mass is 10.0. The van der Waals surface area contributed by atoms with Gasteiger partial charge in [0.25, 0.3) is 0 Å². The van der Waals surface area contributed by atoms with E-state index < -0.39 is 0 Å². The molecule has 0 bridgehead atoms. The third-order valence-corrected chi connectivity index (χ3v) is 3.98. The molecule has 0 radical (unpaired) electrons. The third kappa shape index (κ3) is 4.84. The van der Waals surface area contributed by atoms with Crippen LogP contribution < -0.4 is 5.32 Å². The van der Waals surface area contributed by atoms with Crippen molar-refractivity contribution in [3.05, 3.63) is 29.8 Å². The fraction of sp³-hybridized carbons (Fsp3) is 0.625. The van der Waals surface area contributed by atoms with Crippen molar-refractivity contribution in [2.75, 3.05) is 19.6 Å². The zero-order valence-corrected chi connectivity index (χ0v) is 11.9. The first-order valence-electron chi connectivity index (χ1n) is 7.48. The molecule has 3 nitrogen and oxygen atoms in total. The number of phenols is 1. The van der Waals surface area contributed by atoms with E-state index in [0.717, 1.165) is 24.7 Å². The largest absolute Gasteiger partial charge is 0.508 e. The molecule has 1 aliphatic heterocycles. The van der Waals surface area contributed by atoms with E-state index in [1.165, 1.54) is 38.8 Å². The maximum atomic E-state index is 9.38. The van der Waals surface area contributed by atoms with Crippen LogP contribution in [0, 0.1) is 0 Å². The predicted molar refractivity (Wildman–Crippen MR) is 79.3 cm³/mol. The molecule has 1 heterocycles. The van der Waals surface area contributed by atoms with Gasteiger partial charge in [0, 0.05) is 12.6 Å². The summed E-state index contributed by atoms with van der Waals surface area (Å²) in [5, 5.41) is 12.8. The minimum Gasteiger partial charge on any atom is -0.508 e. The summed E-state index contributed by atoms with van der Waals surface area (Å²) >= 11 is 0. The zero-order valence-electron chi connectivity index (χ0n) is 11.9. The van der Waals surface area contributed by atoms with Gasteiger partial charge in [0.15, 0.2) is 0 Å². The highest BCUT2D eigenvalue weighted by molar-refractivity contribution is 5.26. The molecule has 1 atom stereocenters. The van der Waals surface area contributed by atoms with Crippen LogP contribution in [0.15, 0.2) is 24.3 Å². The van der Waals surface area contributed by atoms with Crippen LogP contribution in [0.4, 0.5) is 0 Å². The van der Waals surface area contributed by atoms with E-state index in [9.17, 15) is 5.11 Å². The van der Waals surface area contributed by atoms with Gasteiger partial charge in [0.1, 0.15) is 5.75 Å². The molecule has 106 valence electrons. The molecular weight excluding hydrogens is 236 g/mol. The summed E-state index contributed by atoms with van der Waals surface area (Å²) < 4.78 is 0. The quantitative estimate of drug-likeness (QED) is 0.774. The summed E-state index contributed by atoms with van der Waals surface area (Å²) in [6.45, 7) is 6.70. The van der Waals surface area contributed by atoms with Crippen molar-refractivity contribution >= 4 is 0 Å². The van der Waals surface area contributed by atoms with Crippen molar-refractivity contribution in [1.82, 2.24) is 10.2 Å². The van der Waals surface area contributed by atoms with Gasteiger partial charge in [0.05, 0.1) is 0 Å². The summed E-state index contributed by atoms with van der Waals surface area (Å²) in [6, 6.07) is 8.22. The Balaban J connectivity index is 1.59. The average Bonchev–Trinajstić information content (AvgIpc) is 2.40. The van der Waals surface area contributed by atoms with Crippen LogP contribution in [0.2, 0.25) is 0 Å². The molecule has 1 aromatic rings. The Morgan fingerprint density at radius 2 is 2.26 bits per heavy atom. The van der Waals surface area contributed by atoms with E-state index in [1.807, 2.05) is 18.2 Å². The second-order valence-corrected chi connectivity index (χ2v) is 5.58. The van der Waals surface area contributed by atoms with Crippen LogP contribution in [-0.2, 0) is 6.54 Å². The molecule has 0 aromatic heterocycles. The molecule has 1 fully saturated rings. The van der Waals surface area contributed by atoms with Crippen molar-refractivity contribution in [3.63, 3.8) is 0 Å². The van der Waals surface area contributed by atoms with E-state index in [0.29, 0.717) is 5.75 Å². The minimum absolute atomic E-state index is 0.349. The fourth-order valence-corrected chi connectivity index (χ4v) is 2.80. The number of benzene rings is 1. The minimum atomic E-state index is 0.349. The molecular formula is C16H26N2O. The van der Waals surface area contributed by atoms with E-state index in [-0.39, 0.29) is 0 Å². The van der Waals surface area contributed by atoms with Crippen LogP contribution in [0.1, 0.15) is 38.2 Å². The topological polar surface area (TPSA) is 35.5 Å². The Labute approximate surface area is 116 Å². The Morgan fingerprint density at radius 3 is 3.05 bits per heavy atom. The summed E-state index contributed by atoms with van der Waals surface area (Å²) in [6.07, 6.45) is 5.31. The molecule has 1 saturated heterocycles. The predicted octanol–water partition coefficient (Wildman–Crippen LogP) is 2.75. The van der Waals surface area contributed by atoms with Crippen LogP contribution in [-0.4, -0.2) is 35.7 Å². The van der Waals surface area contributed by atoms with Gasteiger partial charge in [-0.2, -0.15) is 0 Å². The van der Waals surface area contributed by atoms with E-state index in [2.05, 4.69) is 17.1 Å². The van der Waals surface area contributed by atoms with Gasteiger partial charge < -0.3 is 15.3 Å². The van der Waals surface area contributed by atoms with E-state index in [1.54, 1.807) is 6.07 Å². The van der Waals surface area contributed by atoms with E-state index >= 15 is 0 Å². The van der Waals surface area contributed by atoms with Crippen LogP contribution in [0.3, 0.4) is 0 Å². The summed E-state index contributed by atoms with van der Waals surface area (Å²) in [5.74, 6) is 0.349. The summed E-state index contributed by atoms with van der Waals surface area (Å²) in [5.41, 5.74) is 1.14. The number of aromatic hydroxyl groups is 1. The first-order chi connectivity index (χ1) is 9.25. The molecule has 3 heteroatoms. The number of nitrogens with one attached hydrogen (secondary N) is 1. The molecule has 0 amide bonds. The monoisotopic (exact) mass is 262 g/mol. The number of nitrogens with zero attached hydrogens (tertiary/aromatic N) is 1. The van der Waals surface area contributed by atoms with Crippen molar-refractivity contribution in [2.24, 2.45) is 0 Å². The first kappa shape index (κ1) is 14.4. The maximum absolute atomic E-state index is 9.38. The van der Waals surface area contributed by atoms with Crippen molar-refractivity contribution < 1.29 is 5.11 Å². The number of piperidine rings is 1. The Bertz CT molecular complexity index is 381. The maximum Gasteiger partial charge on any atom is 0.115 e. The number of hydrogen-bond acceptors (Lipinski definition) is 3. The molecule has 1 aliphatic rings. The van der Waals surface area contributed by atoms with Crippen molar-refractivity contribution in [2.45, 2.75) is 45.2 Å². The van der Waals surface area contributed by atoms with Crippen LogP contribution >= 0.6 is 0 Å². The third-order valence-electron chi connectivity index (χ3n) is 3.98. The Morgan fingerprint density at radius 1 is 1.37 bits per heavy atom. The molecule has 2 rings (SSSR count). The highest BCUT2D eigenvalue weighted by atomic mass is 16.3. The smallest absolute Gasteiger partial charge is 0.115 e. The molecule has 0 aliphatic carbocycles. The van der Waals surface area contributed by atoms with Gasteiger partial charge in [0.2, 0.25) is 0 Å². The lowest BCUT2D eigenvalue weighted by molar-refractivity contribution is 0.159. The normalized spacial score (nSPS) is 20.6. The number of phenolic OH excluding ortho intramolecular Hbond substituents is 1. The van der Waals surface area contributed by atoms with Gasteiger partial charge in [-0.15, -0.1) is 0 Å². The molecule has 0 saturated carbocycles. The molecule has 2 N–H and O–H groups in total. The van der Waals surface area contributed by atoms with Gasteiger partial charge in [-0.1, -0.05) is 18.6 Å². The SMILES string of the molecule is CC1CCCCN1CCCNCc1cccc(O)c1. The number of likely N-dealkylation sites (tertiary alicyclic amines) is 1. The molecule has 1 unspecified atom stereocenters. The highest BCUT2D eigenvalue weighted by Gasteiger charge is 2.16. The highest BCUT2D eigenvalue weighted by Crippen LogP contribution is 2.16. The van der Waals surface area contributed by atoms with Gasteiger partial charge in [-0.05, 0) is 63.5 Å². The zero-order chi connectivity index (χ0) is 13.5. The fourth-order valence-electron chi connectivity index (χ4n) is 2.80. The van der Waals surface area contributed by atoms with Crippen molar-refractivity contribution in [1.29, 1.82) is 0 Å². The second kappa shape index (κ2) is 7.51. The Kier molecular flexibility index (Phi) is 5.67. The van der Waals surface area contributed by atoms with E-state index in [4.69, 9.17) is 0 Å². The first-order valence-corrected chi connectivity index (χ1v) is 7.48. The van der Waals surface area contributed by atoms with Gasteiger partial charge in [-0.25, -0.2) is 0 Å². The molecule has 1 aromatic carbocycles. The second-order valence-electron chi connectivity index (χ2n) is 5.58. The Hall–Kier alpha value is -1.06. The van der Waals surface area contributed by atoms with Gasteiger partial charge >= 0.3 is 0 Å².